The third kappa shape index (κ3) is 3.35. The molecule has 0 aliphatic heterocycles. The summed E-state index contributed by atoms with van der Waals surface area (Å²) in [5.74, 6) is 0. The van der Waals surface area contributed by atoms with Crippen LogP contribution in [0.5, 0.6) is 0 Å². The van der Waals surface area contributed by atoms with Crippen LogP contribution in [-0.4, -0.2) is 18.2 Å². The Morgan fingerprint density at radius 1 is 1.40 bits per heavy atom. The molecular formula is C11H15Cl2NO. The molecule has 4 heteroatoms. The van der Waals surface area contributed by atoms with Gasteiger partial charge in [0.05, 0.1) is 0 Å². The molecule has 1 rings (SSSR count). The van der Waals surface area contributed by atoms with Crippen molar-refractivity contribution in [1.29, 1.82) is 0 Å². The number of aliphatic hydroxyl groups is 1. The molecule has 0 aliphatic rings. The summed E-state index contributed by atoms with van der Waals surface area (Å²) in [5, 5.41) is 14.4. The van der Waals surface area contributed by atoms with Gasteiger partial charge in [-0.25, -0.2) is 0 Å². The van der Waals surface area contributed by atoms with Crippen molar-refractivity contribution < 1.29 is 5.11 Å². The molecule has 2 nitrogen and oxygen atoms in total. The van der Waals surface area contributed by atoms with E-state index in [1.165, 1.54) is 0 Å². The monoisotopic (exact) mass is 247 g/mol. The zero-order valence-electron chi connectivity index (χ0n) is 8.85. The first-order valence-corrected chi connectivity index (χ1v) is 5.61. The first-order chi connectivity index (χ1) is 6.97. The zero-order valence-corrected chi connectivity index (χ0v) is 10.4. The molecule has 0 fully saturated rings. The lowest BCUT2D eigenvalue weighted by molar-refractivity contribution is 0.0577. The largest absolute Gasteiger partial charge is 0.384 e. The van der Waals surface area contributed by atoms with E-state index in [-0.39, 0.29) is 0 Å². The Balaban J connectivity index is 2.97. The van der Waals surface area contributed by atoms with E-state index >= 15 is 0 Å². The number of nitrogens with one attached hydrogen (secondary N) is 1. The minimum absolute atomic E-state index is 0.448. The second-order valence-corrected chi connectivity index (χ2v) is 4.52. The highest BCUT2D eigenvalue weighted by atomic mass is 35.5. The van der Waals surface area contributed by atoms with Gasteiger partial charge in [-0.05, 0) is 31.7 Å². The molecule has 15 heavy (non-hydrogen) atoms. The first-order valence-electron chi connectivity index (χ1n) is 4.86. The number of likely N-dealkylation sites (N-methyl/N-ethyl adjacent to an activating group) is 1. The number of hydrogen-bond donors (Lipinski definition) is 2. The molecule has 0 saturated carbocycles. The maximum atomic E-state index is 10.2. The SMILES string of the molecule is CCNCC(C)(O)c1cc(Cl)ccc1Cl. The van der Waals surface area contributed by atoms with Crippen molar-refractivity contribution >= 4 is 23.2 Å². The topological polar surface area (TPSA) is 32.3 Å². The minimum Gasteiger partial charge on any atom is -0.384 e. The molecule has 0 spiro atoms. The van der Waals surface area contributed by atoms with E-state index in [0.717, 1.165) is 6.54 Å². The van der Waals surface area contributed by atoms with Crippen LogP contribution in [0.2, 0.25) is 10.0 Å². The molecule has 0 saturated heterocycles. The molecule has 1 aromatic rings. The van der Waals surface area contributed by atoms with E-state index in [9.17, 15) is 5.11 Å². The van der Waals surface area contributed by atoms with E-state index in [4.69, 9.17) is 23.2 Å². The minimum atomic E-state index is -1.00. The summed E-state index contributed by atoms with van der Waals surface area (Å²) >= 11 is 11.9. The quantitative estimate of drug-likeness (QED) is 0.858. The van der Waals surface area contributed by atoms with Crippen LogP contribution in [0.3, 0.4) is 0 Å². The smallest absolute Gasteiger partial charge is 0.101 e. The van der Waals surface area contributed by atoms with Crippen molar-refractivity contribution in [3.05, 3.63) is 33.8 Å². The van der Waals surface area contributed by atoms with Crippen molar-refractivity contribution in [2.75, 3.05) is 13.1 Å². The van der Waals surface area contributed by atoms with Crippen molar-refractivity contribution in [3.63, 3.8) is 0 Å². The number of benzene rings is 1. The molecule has 0 amide bonds. The first kappa shape index (κ1) is 12.8. The highest BCUT2D eigenvalue weighted by Crippen LogP contribution is 2.29. The maximum Gasteiger partial charge on any atom is 0.101 e. The molecule has 2 N–H and O–H groups in total. The molecule has 1 aromatic carbocycles. The lowest BCUT2D eigenvalue weighted by Crippen LogP contribution is -2.35. The van der Waals surface area contributed by atoms with Gasteiger partial charge in [-0.15, -0.1) is 0 Å². The standard InChI is InChI=1S/C11H15Cl2NO/c1-3-14-7-11(2,15)9-6-8(12)4-5-10(9)13/h4-6,14-15H,3,7H2,1-2H3. The molecule has 84 valence electrons. The van der Waals surface area contributed by atoms with E-state index in [1.807, 2.05) is 6.92 Å². The van der Waals surface area contributed by atoms with Gasteiger partial charge in [0, 0.05) is 22.2 Å². The molecule has 0 aromatic heterocycles. The Hall–Kier alpha value is -0.280. The van der Waals surface area contributed by atoms with Gasteiger partial charge >= 0.3 is 0 Å². The predicted molar refractivity (Wildman–Crippen MR) is 64.6 cm³/mol. The molecule has 1 atom stereocenters. The van der Waals surface area contributed by atoms with Crippen molar-refractivity contribution in [3.8, 4) is 0 Å². The number of rotatable bonds is 4. The highest BCUT2D eigenvalue weighted by Gasteiger charge is 2.25. The molecule has 1 unspecified atom stereocenters. The van der Waals surface area contributed by atoms with Crippen LogP contribution >= 0.6 is 23.2 Å². The maximum absolute atomic E-state index is 10.2. The van der Waals surface area contributed by atoms with Gasteiger partial charge in [0.1, 0.15) is 5.60 Å². The lowest BCUT2D eigenvalue weighted by atomic mass is 9.96. The normalized spacial score (nSPS) is 15.0. The van der Waals surface area contributed by atoms with Crippen LogP contribution in [0, 0.1) is 0 Å². The predicted octanol–water partition coefficient (Wildman–Crippen LogP) is 2.81. The summed E-state index contributed by atoms with van der Waals surface area (Å²) in [5.41, 5.74) is -0.351. The zero-order chi connectivity index (χ0) is 11.5. The second-order valence-electron chi connectivity index (χ2n) is 3.68. The van der Waals surface area contributed by atoms with Crippen LogP contribution < -0.4 is 5.32 Å². The van der Waals surface area contributed by atoms with Gasteiger partial charge in [-0.1, -0.05) is 30.1 Å². The molecule has 0 bridgehead atoms. The third-order valence-corrected chi connectivity index (χ3v) is 2.79. The Labute approximate surface area is 100 Å². The van der Waals surface area contributed by atoms with Crippen LogP contribution in [0.15, 0.2) is 18.2 Å². The summed E-state index contributed by atoms with van der Waals surface area (Å²) in [6.45, 7) is 4.95. The van der Waals surface area contributed by atoms with Gasteiger partial charge in [0.2, 0.25) is 0 Å². The van der Waals surface area contributed by atoms with E-state index < -0.39 is 5.60 Å². The average molecular weight is 248 g/mol. The van der Waals surface area contributed by atoms with Crippen molar-refractivity contribution in [2.24, 2.45) is 0 Å². The van der Waals surface area contributed by atoms with Crippen LogP contribution in [0.1, 0.15) is 19.4 Å². The number of hydrogen-bond acceptors (Lipinski definition) is 2. The summed E-state index contributed by atoms with van der Waals surface area (Å²) in [7, 11) is 0. The summed E-state index contributed by atoms with van der Waals surface area (Å²) in [6, 6.07) is 5.09. The van der Waals surface area contributed by atoms with E-state index in [2.05, 4.69) is 5.32 Å². The molecule has 0 aliphatic carbocycles. The fourth-order valence-corrected chi connectivity index (χ4v) is 1.87. The van der Waals surface area contributed by atoms with Crippen LogP contribution in [0.25, 0.3) is 0 Å². The van der Waals surface area contributed by atoms with E-state index in [1.54, 1.807) is 25.1 Å². The fourth-order valence-electron chi connectivity index (χ4n) is 1.37. The van der Waals surface area contributed by atoms with Crippen molar-refractivity contribution in [1.82, 2.24) is 5.32 Å². The molecule has 0 radical (unpaired) electrons. The summed E-state index contributed by atoms with van der Waals surface area (Å²) < 4.78 is 0. The molecular weight excluding hydrogens is 233 g/mol. The van der Waals surface area contributed by atoms with Crippen LogP contribution in [0.4, 0.5) is 0 Å². The lowest BCUT2D eigenvalue weighted by Gasteiger charge is -2.25. The van der Waals surface area contributed by atoms with E-state index in [0.29, 0.717) is 22.2 Å². The average Bonchev–Trinajstić information content (AvgIpc) is 2.18. The van der Waals surface area contributed by atoms with Gasteiger partial charge in [0.25, 0.3) is 0 Å². The summed E-state index contributed by atoms with van der Waals surface area (Å²) in [6.07, 6.45) is 0. The molecule has 0 heterocycles. The highest BCUT2D eigenvalue weighted by molar-refractivity contribution is 6.33. The number of halogens is 2. The summed E-state index contributed by atoms with van der Waals surface area (Å²) in [4.78, 5) is 0. The Morgan fingerprint density at radius 2 is 2.07 bits per heavy atom. The van der Waals surface area contributed by atoms with Crippen LogP contribution in [-0.2, 0) is 5.60 Å². The van der Waals surface area contributed by atoms with Gasteiger partial charge in [0.15, 0.2) is 0 Å². The Morgan fingerprint density at radius 3 is 2.67 bits per heavy atom. The Bertz CT molecular complexity index is 339. The third-order valence-electron chi connectivity index (χ3n) is 2.23. The van der Waals surface area contributed by atoms with Gasteiger partial charge < -0.3 is 10.4 Å². The second kappa shape index (κ2) is 5.17. The van der Waals surface area contributed by atoms with Gasteiger partial charge in [-0.3, -0.25) is 0 Å². The fraction of sp³-hybridized carbons (Fsp3) is 0.455. The van der Waals surface area contributed by atoms with Crippen molar-refractivity contribution in [2.45, 2.75) is 19.4 Å². The Kier molecular flexibility index (Phi) is 4.41. The van der Waals surface area contributed by atoms with Gasteiger partial charge in [-0.2, -0.15) is 0 Å².